The van der Waals surface area contributed by atoms with Gasteiger partial charge in [0.15, 0.2) is 12.3 Å². The Balaban J connectivity index is 1.32. The minimum absolute atomic E-state index is 0.244. The van der Waals surface area contributed by atoms with Crippen LogP contribution in [0.5, 0.6) is 5.75 Å². The lowest BCUT2D eigenvalue weighted by Gasteiger charge is -2.10. The number of nitrogens with one attached hydrogen (secondary N) is 1. The van der Waals surface area contributed by atoms with E-state index in [1.807, 2.05) is 66.7 Å². The maximum absolute atomic E-state index is 12.7. The van der Waals surface area contributed by atoms with E-state index in [0.29, 0.717) is 16.8 Å². The highest BCUT2D eigenvalue weighted by molar-refractivity contribution is 5.86. The quantitative estimate of drug-likeness (QED) is 0.480. The molecule has 0 atom stereocenters. The number of carbonyl (C=O) groups is 1. The van der Waals surface area contributed by atoms with E-state index in [1.54, 1.807) is 10.7 Å². The molecule has 0 aliphatic heterocycles. The first-order valence-corrected chi connectivity index (χ1v) is 9.61. The Morgan fingerprint density at radius 1 is 0.968 bits per heavy atom. The van der Waals surface area contributed by atoms with Gasteiger partial charge in [-0.05, 0) is 35.0 Å². The van der Waals surface area contributed by atoms with Gasteiger partial charge in [0.25, 0.3) is 11.5 Å². The first kappa shape index (κ1) is 18.6. The fourth-order valence-electron chi connectivity index (χ4n) is 3.32. The molecule has 0 radical (unpaired) electrons. The van der Waals surface area contributed by atoms with E-state index in [0.717, 1.165) is 21.1 Å². The maximum Gasteiger partial charge on any atom is 0.283 e. The molecule has 0 spiro atoms. The number of fused-ring (bicyclic) bond motifs is 2. The predicted molar refractivity (Wildman–Crippen MR) is 117 cm³/mol. The number of carbonyl (C=O) groups excluding carboxylic acids is 1. The third kappa shape index (κ3) is 3.62. The zero-order chi connectivity index (χ0) is 21.2. The Labute approximate surface area is 176 Å². The lowest BCUT2D eigenvalue weighted by molar-refractivity contribution is -0.119. The molecule has 3 aromatic carbocycles. The largest absolute Gasteiger partial charge is 0.484 e. The van der Waals surface area contributed by atoms with Crippen LogP contribution >= 0.6 is 0 Å². The van der Waals surface area contributed by atoms with Gasteiger partial charge >= 0.3 is 0 Å². The summed E-state index contributed by atoms with van der Waals surface area (Å²) in [6.45, 7) is -0.244. The fourth-order valence-corrected chi connectivity index (χ4v) is 3.32. The fraction of sp³-hybridized carbons (Fsp3) is 0.0435. The minimum Gasteiger partial charge on any atom is -0.484 e. The Morgan fingerprint density at radius 3 is 2.58 bits per heavy atom. The zero-order valence-electron chi connectivity index (χ0n) is 16.3. The molecule has 0 bridgehead atoms. The summed E-state index contributed by atoms with van der Waals surface area (Å²) >= 11 is 0. The summed E-state index contributed by atoms with van der Waals surface area (Å²) in [7, 11) is 0. The smallest absolute Gasteiger partial charge is 0.283 e. The van der Waals surface area contributed by atoms with Crippen LogP contribution in [0.25, 0.3) is 27.5 Å². The Morgan fingerprint density at radius 2 is 1.74 bits per heavy atom. The Hall–Kier alpha value is -4.46. The first-order valence-electron chi connectivity index (χ1n) is 9.61. The van der Waals surface area contributed by atoms with Gasteiger partial charge in [0.2, 0.25) is 0 Å². The lowest BCUT2D eigenvalue weighted by atomic mass is 10.1. The number of aromatic nitrogens is 4. The van der Waals surface area contributed by atoms with Crippen LogP contribution in [0.15, 0.2) is 90.1 Å². The van der Waals surface area contributed by atoms with E-state index < -0.39 is 11.5 Å². The average molecular weight is 411 g/mol. The normalized spacial score (nSPS) is 11.0. The van der Waals surface area contributed by atoms with Crippen molar-refractivity contribution in [3.63, 3.8) is 0 Å². The second-order valence-electron chi connectivity index (χ2n) is 6.88. The predicted octanol–water partition coefficient (Wildman–Crippen LogP) is 2.88. The number of nitrogens with zero attached hydrogens (tertiary/aromatic N) is 4. The highest BCUT2D eigenvalue weighted by atomic mass is 16.5. The van der Waals surface area contributed by atoms with Crippen molar-refractivity contribution in [2.24, 2.45) is 0 Å². The van der Waals surface area contributed by atoms with Crippen LogP contribution in [0.4, 0.5) is 0 Å². The van der Waals surface area contributed by atoms with Gasteiger partial charge in [0.05, 0.1) is 11.9 Å². The number of hydrogen-bond acceptors (Lipinski definition) is 5. The first-order chi connectivity index (χ1) is 15.2. The molecule has 0 unspecified atom stereocenters. The van der Waals surface area contributed by atoms with E-state index in [2.05, 4.69) is 15.5 Å². The molecule has 1 amide bonds. The molecule has 2 heterocycles. The summed E-state index contributed by atoms with van der Waals surface area (Å²) in [5, 5.41) is 6.64. The maximum atomic E-state index is 12.7. The monoisotopic (exact) mass is 411 g/mol. The summed E-state index contributed by atoms with van der Waals surface area (Å²) in [5.74, 6) is 0.0887. The van der Waals surface area contributed by atoms with Crippen molar-refractivity contribution in [3.8, 4) is 11.4 Å². The van der Waals surface area contributed by atoms with Gasteiger partial charge in [0.1, 0.15) is 17.5 Å². The third-order valence-corrected chi connectivity index (χ3v) is 4.83. The molecule has 1 N–H and O–H groups in total. The van der Waals surface area contributed by atoms with Gasteiger partial charge in [-0.1, -0.05) is 48.5 Å². The molecular weight excluding hydrogens is 394 g/mol. The molecule has 8 heteroatoms. The molecule has 152 valence electrons. The van der Waals surface area contributed by atoms with Crippen LogP contribution in [-0.2, 0) is 4.79 Å². The van der Waals surface area contributed by atoms with Crippen LogP contribution in [0.2, 0.25) is 0 Å². The van der Waals surface area contributed by atoms with Crippen LogP contribution in [0.1, 0.15) is 0 Å². The Kier molecular flexibility index (Phi) is 4.64. The molecule has 0 aliphatic rings. The van der Waals surface area contributed by atoms with Crippen molar-refractivity contribution in [2.75, 3.05) is 12.0 Å². The van der Waals surface area contributed by atoms with Crippen molar-refractivity contribution >= 4 is 27.7 Å². The number of rotatable bonds is 5. The number of amides is 1. The molecule has 31 heavy (non-hydrogen) atoms. The van der Waals surface area contributed by atoms with E-state index in [1.165, 1.54) is 12.5 Å². The number of benzene rings is 3. The van der Waals surface area contributed by atoms with Crippen LogP contribution in [0.3, 0.4) is 0 Å². The SMILES string of the molecule is O=C(COc1ccc2ccccc2c1)Nn1cnc2c(cnn2-c2ccccc2)c1=O. The van der Waals surface area contributed by atoms with Crippen molar-refractivity contribution in [3.05, 3.63) is 95.7 Å². The molecule has 2 aromatic heterocycles. The van der Waals surface area contributed by atoms with Gasteiger partial charge < -0.3 is 4.74 Å². The van der Waals surface area contributed by atoms with Crippen molar-refractivity contribution in [1.82, 2.24) is 19.4 Å². The van der Waals surface area contributed by atoms with E-state index in [4.69, 9.17) is 4.74 Å². The average Bonchev–Trinajstić information content (AvgIpc) is 3.25. The van der Waals surface area contributed by atoms with Crippen molar-refractivity contribution in [1.29, 1.82) is 0 Å². The summed E-state index contributed by atoms with van der Waals surface area (Å²) in [5.41, 5.74) is 3.27. The summed E-state index contributed by atoms with van der Waals surface area (Å²) in [4.78, 5) is 29.4. The van der Waals surface area contributed by atoms with Crippen molar-refractivity contribution in [2.45, 2.75) is 0 Å². The van der Waals surface area contributed by atoms with Gasteiger partial charge in [-0.3, -0.25) is 15.0 Å². The van der Waals surface area contributed by atoms with Gasteiger partial charge in [0, 0.05) is 0 Å². The highest BCUT2D eigenvalue weighted by Crippen LogP contribution is 2.20. The van der Waals surface area contributed by atoms with Crippen LogP contribution in [-0.4, -0.2) is 32.0 Å². The molecular formula is C23H17N5O3. The standard InChI is InChI=1S/C23H17N5O3/c29-21(14-31-19-11-10-16-6-4-5-7-17(16)12-19)26-27-15-24-22-20(23(27)30)13-25-28(22)18-8-2-1-3-9-18/h1-13,15H,14H2,(H,26,29). The number of ether oxygens (including phenoxy) is 1. The van der Waals surface area contributed by atoms with Crippen LogP contribution in [0, 0.1) is 0 Å². The topological polar surface area (TPSA) is 91.0 Å². The van der Waals surface area contributed by atoms with Gasteiger partial charge in [-0.15, -0.1) is 0 Å². The highest BCUT2D eigenvalue weighted by Gasteiger charge is 2.13. The molecule has 5 rings (SSSR count). The number of para-hydroxylation sites is 1. The Bertz CT molecular complexity index is 1460. The van der Waals surface area contributed by atoms with Gasteiger partial charge in [-0.2, -0.15) is 5.10 Å². The summed E-state index contributed by atoms with van der Waals surface area (Å²) in [6, 6.07) is 22.8. The minimum atomic E-state index is -0.480. The molecule has 0 aliphatic carbocycles. The van der Waals surface area contributed by atoms with E-state index in [9.17, 15) is 9.59 Å². The summed E-state index contributed by atoms with van der Waals surface area (Å²) < 4.78 is 8.18. The molecule has 5 aromatic rings. The lowest BCUT2D eigenvalue weighted by Crippen LogP contribution is -2.35. The second kappa shape index (κ2) is 7.75. The van der Waals surface area contributed by atoms with Crippen LogP contribution < -0.4 is 15.7 Å². The van der Waals surface area contributed by atoms with E-state index in [-0.39, 0.29) is 6.61 Å². The van der Waals surface area contributed by atoms with E-state index >= 15 is 0 Å². The van der Waals surface area contributed by atoms with Gasteiger partial charge in [-0.25, -0.2) is 14.3 Å². The summed E-state index contributed by atoms with van der Waals surface area (Å²) in [6.07, 6.45) is 2.70. The molecule has 8 nitrogen and oxygen atoms in total. The molecule has 0 saturated carbocycles. The third-order valence-electron chi connectivity index (χ3n) is 4.83. The number of hydrogen-bond donors (Lipinski definition) is 1. The zero-order valence-corrected chi connectivity index (χ0v) is 16.3. The second-order valence-corrected chi connectivity index (χ2v) is 6.88. The molecule has 0 saturated heterocycles. The molecule has 0 fully saturated rings. The van der Waals surface area contributed by atoms with Crippen molar-refractivity contribution < 1.29 is 9.53 Å².